The molecule has 3 nitrogen and oxygen atoms in total. The summed E-state index contributed by atoms with van der Waals surface area (Å²) in [7, 11) is 0. The maximum atomic E-state index is 5.83. The van der Waals surface area contributed by atoms with E-state index in [9.17, 15) is 0 Å². The molecule has 0 spiro atoms. The van der Waals surface area contributed by atoms with Crippen molar-refractivity contribution < 1.29 is 4.74 Å². The third-order valence-electron chi connectivity index (χ3n) is 4.07. The standard InChI is InChI=1S/C15H24N2O/c1-2-14(12-6-4-3-5-7-12)15(17-16)13-8-10-18-11-9-13/h3-7,13-15,17H,2,8-11,16H2,1H3. The van der Waals surface area contributed by atoms with Crippen LogP contribution < -0.4 is 11.3 Å². The maximum absolute atomic E-state index is 5.83. The Balaban J connectivity index is 2.13. The molecule has 1 fully saturated rings. The van der Waals surface area contributed by atoms with Gasteiger partial charge in [0, 0.05) is 25.2 Å². The van der Waals surface area contributed by atoms with Gasteiger partial charge in [0.25, 0.3) is 0 Å². The molecule has 3 N–H and O–H groups in total. The number of hydrazine groups is 1. The Morgan fingerprint density at radius 2 is 1.94 bits per heavy atom. The van der Waals surface area contributed by atoms with Gasteiger partial charge in [0.05, 0.1) is 0 Å². The van der Waals surface area contributed by atoms with E-state index in [1.165, 1.54) is 5.56 Å². The van der Waals surface area contributed by atoms with E-state index in [0.717, 1.165) is 32.5 Å². The minimum Gasteiger partial charge on any atom is -0.381 e. The summed E-state index contributed by atoms with van der Waals surface area (Å²) in [6.45, 7) is 3.98. The third-order valence-corrected chi connectivity index (χ3v) is 4.07. The Bertz CT molecular complexity index is 336. The minimum atomic E-state index is 0.348. The van der Waals surface area contributed by atoms with Crippen molar-refractivity contribution in [3.8, 4) is 0 Å². The number of rotatable bonds is 5. The predicted molar refractivity (Wildman–Crippen MR) is 74.1 cm³/mol. The van der Waals surface area contributed by atoms with Crippen molar-refractivity contribution in [2.45, 2.75) is 38.1 Å². The van der Waals surface area contributed by atoms with Crippen LogP contribution in [0.15, 0.2) is 30.3 Å². The Morgan fingerprint density at radius 1 is 1.28 bits per heavy atom. The van der Waals surface area contributed by atoms with Crippen molar-refractivity contribution in [3.63, 3.8) is 0 Å². The normalized spacial score (nSPS) is 20.6. The lowest BCUT2D eigenvalue weighted by molar-refractivity contribution is 0.0495. The molecule has 0 saturated carbocycles. The van der Waals surface area contributed by atoms with E-state index in [1.807, 2.05) is 0 Å². The molecule has 0 aromatic heterocycles. The van der Waals surface area contributed by atoms with Crippen LogP contribution in [0.4, 0.5) is 0 Å². The van der Waals surface area contributed by atoms with Gasteiger partial charge in [-0.1, -0.05) is 37.3 Å². The molecule has 1 aromatic carbocycles. The monoisotopic (exact) mass is 248 g/mol. The zero-order chi connectivity index (χ0) is 12.8. The fraction of sp³-hybridized carbons (Fsp3) is 0.600. The Kier molecular flexibility index (Phi) is 5.17. The first-order chi connectivity index (χ1) is 8.86. The Morgan fingerprint density at radius 3 is 2.50 bits per heavy atom. The third kappa shape index (κ3) is 3.10. The quantitative estimate of drug-likeness (QED) is 0.621. The Hall–Kier alpha value is -0.900. The largest absolute Gasteiger partial charge is 0.381 e. The van der Waals surface area contributed by atoms with Crippen LogP contribution in [0.5, 0.6) is 0 Å². The molecule has 2 atom stereocenters. The van der Waals surface area contributed by atoms with Gasteiger partial charge in [-0.15, -0.1) is 0 Å². The fourth-order valence-corrected chi connectivity index (χ4v) is 3.05. The average molecular weight is 248 g/mol. The number of benzene rings is 1. The van der Waals surface area contributed by atoms with Gasteiger partial charge in [-0.3, -0.25) is 11.3 Å². The highest BCUT2D eigenvalue weighted by molar-refractivity contribution is 5.21. The van der Waals surface area contributed by atoms with Crippen molar-refractivity contribution >= 4 is 0 Å². The average Bonchev–Trinajstić information content (AvgIpc) is 2.46. The molecule has 0 aliphatic carbocycles. The van der Waals surface area contributed by atoms with Crippen molar-refractivity contribution in [1.82, 2.24) is 5.43 Å². The Labute approximate surface area is 110 Å². The van der Waals surface area contributed by atoms with Gasteiger partial charge < -0.3 is 4.74 Å². The second-order valence-corrected chi connectivity index (χ2v) is 5.07. The van der Waals surface area contributed by atoms with Gasteiger partial charge in [0.1, 0.15) is 0 Å². The van der Waals surface area contributed by atoms with Gasteiger partial charge in [0.15, 0.2) is 0 Å². The molecule has 1 aromatic rings. The van der Waals surface area contributed by atoms with Crippen LogP contribution in [0.3, 0.4) is 0 Å². The van der Waals surface area contributed by atoms with Crippen LogP contribution in [0.1, 0.15) is 37.7 Å². The van der Waals surface area contributed by atoms with Gasteiger partial charge in [-0.05, 0) is 30.7 Å². The van der Waals surface area contributed by atoms with Crippen molar-refractivity contribution in [2.75, 3.05) is 13.2 Å². The molecular formula is C15H24N2O. The molecule has 1 aliphatic heterocycles. The fourth-order valence-electron chi connectivity index (χ4n) is 3.05. The minimum absolute atomic E-state index is 0.348. The van der Waals surface area contributed by atoms with E-state index in [1.54, 1.807) is 0 Å². The summed E-state index contributed by atoms with van der Waals surface area (Å²) in [5.41, 5.74) is 4.45. The van der Waals surface area contributed by atoms with Crippen LogP contribution >= 0.6 is 0 Å². The molecule has 0 bridgehead atoms. The van der Waals surface area contributed by atoms with Gasteiger partial charge in [-0.25, -0.2) is 0 Å². The summed E-state index contributed by atoms with van der Waals surface area (Å²) in [5, 5.41) is 0. The molecule has 1 aliphatic rings. The highest BCUT2D eigenvalue weighted by Gasteiger charge is 2.29. The van der Waals surface area contributed by atoms with E-state index < -0.39 is 0 Å². The topological polar surface area (TPSA) is 47.3 Å². The first-order valence-electron chi connectivity index (χ1n) is 6.95. The first kappa shape index (κ1) is 13.5. The number of ether oxygens (including phenoxy) is 1. The summed E-state index contributed by atoms with van der Waals surface area (Å²) < 4.78 is 5.44. The van der Waals surface area contributed by atoms with Gasteiger partial charge in [-0.2, -0.15) is 0 Å². The molecular weight excluding hydrogens is 224 g/mol. The summed E-state index contributed by atoms with van der Waals surface area (Å²) in [4.78, 5) is 0. The molecule has 0 amide bonds. The second kappa shape index (κ2) is 6.88. The predicted octanol–water partition coefficient (Wildman–Crippen LogP) is 2.44. The van der Waals surface area contributed by atoms with E-state index in [2.05, 4.69) is 42.7 Å². The maximum Gasteiger partial charge on any atom is 0.0469 e. The molecule has 18 heavy (non-hydrogen) atoms. The molecule has 1 heterocycles. The van der Waals surface area contributed by atoms with Crippen molar-refractivity contribution in [1.29, 1.82) is 0 Å². The van der Waals surface area contributed by atoms with Crippen LogP contribution in [0, 0.1) is 5.92 Å². The lowest BCUT2D eigenvalue weighted by Gasteiger charge is -2.35. The number of nitrogens with one attached hydrogen (secondary N) is 1. The summed E-state index contributed by atoms with van der Waals surface area (Å²) in [6.07, 6.45) is 3.33. The second-order valence-electron chi connectivity index (χ2n) is 5.07. The van der Waals surface area contributed by atoms with Gasteiger partial charge in [0.2, 0.25) is 0 Å². The molecule has 3 heteroatoms. The highest BCUT2D eigenvalue weighted by atomic mass is 16.5. The zero-order valence-corrected chi connectivity index (χ0v) is 11.1. The van der Waals surface area contributed by atoms with Crippen molar-refractivity contribution in [3.05, 3.63) is 35.9 Å². The molecule has 1 saturated heterocycles. The number of hydrogen-bond donors (Lipinski definition) is 2. The van der Waals surface area contributed by atoms with E-state index in [-0.39, 0.29) is 0 Å². The summed E-state index contributed by atoms with van der Waals surface area (Å²) >= 11 is 0. The molecule has 2 rings (SSSR count). The van der Waals surface area contributed by atoms with E-state index in [4.69, 9.17) is 10.6 Å². The van der Waals surface area contributed by atoms with Crippen LogP contribution in [-0.2, 0) is 4.74 Å². The summed E-state index contributed by atoms with van der Waals surface area (Å²) in [5.74, 6) is 6.93. The number of hydrogen-bond acceptors (Lipinski definition) is 3. The SMILES string of the molecule is CCC(c1ccccc1)C(NN)C1CCOCC1. The van der Waals surface area contributed by atoms with Crippen LogP contribution in [0.2, 0.25) is 0 Å². The van der Waals surface area contributed by atoms with Crippen LogP contribution in [0.25, 0.3) is 0 Å². The summed E-state index contributed by atoms with van der Waals surface area (Å²) in [6, 6.07) is 11.0. The van der Waals surface area contributed by atoms with E-state index in [0.29, 0.717) is 17.9 Å². The smallest absolute Gasteiger partial charge is 0.0469 e. The van der Waals surface area contributed by atoms with E-state index >= 15 is 0 Å². The van der Waals surface area contributed by atoms with Crippen molar-refractivity contribution in [2.24, 2.45) is 11.8 Å². The zero-order valence-electron chi connectivity index (χ0n) is 11.1. The highest BCUT2D eigenvalue weighted by Crippen LogP contribution is 2.31. The lowest BCUT2D eigenvalue weighted by Crippen LogP contribution is -2.46. The lowest BCUT2D eigenvalue weighted by atomic mass is 9.79. The molecule has 2 unspecified atom stereocenters. The number of nitrogens with two attached hydrogens (primary N) is 1. The molecule has 0 radical (unpaired) electrons. The van der Waals surface area contributed by atoms with Gasteiger partial charge >= 0.3 is 0 Å². The first-order valence-corrected chi connectivity index (χ1v) is 6.95. The molecule has 100 valence electrons. The van der Waals surface area contributed by atoms with Crippen LogP contribution in [-0.4, -0.2) is 19.3 Å².